The average Bonchev–Trinajstić information content (AvgIpc) is 3.05. The fraction of sp³-hybridized carbons (Fsp3) is 0.421. The minimum atomic E-state index is -0.751. The molecule has 1 fully saturated rings. The standard InChI is InChI=1S/C19H23N3O3S/c1-12(2)22-16(23)10-25-18(17(22)14-7-5-4-6-8-14)19(24)20-9-15-21-13(3)11-26-15/h4-8,11-12,17-18H,9-10H2,1-3H3,(H,20,24)/t17-,18+/m1/s1. The molecule has 1 aromatic heterocycles. The number of hydrogen-bond donors (Lipinski definition) is 1. The molecule has 26 heavy (non-hydrogen) atoms. The van der Waals surface area contributed by atoms with Crippen molar-refractivity contribution in [2.75, 3.05) is 6.61 Å². The van der Waals surface area contributed by atoms with Gasteiger partial charge in [-0.2, -0.15) is 0 Å². The predicted octanol–water partition coefficient (Wildman–Crippen LogP) is 2.44. The van der Waals surface area contributed by atoms with Crippen LogP contribution in [0.4, 0.5) is 0 Å². The highest BCUT2D eigenvalue weighted by Gasteiger charge is 2.42. The lowest BCUT2D eigenvalue weighted by atomic mass is 9.96. The van der Waals surface area contributed by atoms with Crippen molar-refractivity contribution in [2.24, 2.45) is 0 Å². The summed E-state index contributed by atoms with van der Waals surface area (Å²) in [5, 5.41) is 5.70. The maximum Gasteiger partial charge on any atom is 0.252 e. The summed E-state index contributed by atoms with van der Waals surface area (Å²) in [5.74, 6) is -0.335. The van der Waals surface area contributed by atoms with E-state index in [1.807, 2.05) is 56.5 Å². The number of amides is 2. The van der Waals surface area contributed by atoms with Gasteiger partial charge in [-0.15, -0.1) is 11.3 Å². The van der Waals surface area contributed by atoms with Crippen LogP contribution >= 0.6 is 11.3 Å². The van der Waals surface area contributed by atoms with Crippen molar-refractivity contribution in [3.63, 3.8) is 0 Å². The van der Waals surface area contributed by atoms with Gasteiger partial charge in [0.1, 0.15) is 11.6 Å². The van der Waals surface area contributed by atoms with Crippen molar-refractivity contribution in [2.45, 2.75) is 45.5 Å². The Bertz CT molecular complexity index is 775. The van der Waals surface area contributed by atoms with E-state index in [9.17, 15) is 9.59 Å². The lowest BCUT2D eigenvalue weighted by Gasteiger charge is -2.42. The number of thiazole rings is 1. The van der Waals surface area contributed by atoms with Gasteiger partial charge in [0.05, 0.1) is 12.6 Å². The molecule has 1 aliphatic heterocycles. The maximum atomic E-state index is 12.8. The largest absolute Gasteiger partial charge is 0.356 e. The van der Waals surface area contributed by atoms with Crippen LogP contribution in [-0.4, -0.2) is 40.5 Å². The molecule has 0 radical (unpaired) electrons. The van der Waals surface area contributed by atoms with E-state index in [0.29, 0.717) is 6.54 Å². The monoisotopic (exact) mass is 373 g/mol. The molecule has 0 unspecified atom stereocenters. The zero-order valence-electron chi connectivity index (χ0n) is 15.1. The van der Waals surface area contributed by atoms with Crippen LogP contribution in [0.3, 0.4) is 0 Å². The number of aromatic nitrogens is 1. The summed E-state index contributed by atoms with van der Waals surface area (Å²) in [6.45, 7) is 6.09. The van der Waals surface area contributed by atoms with E-state index in [4.69, 9.17) is 4.74 Å². The van der Waals surface area contributed by atoms with E-state index in [-0.39, 0.29) is 24.5 Å². The molecule has 2 aromatic rings. The van der Waals surface area contributed by atoms with Crippen LogP contribution in [0.2, 0.25) is 0 Å². The number of aryl methyl sites for hydroxylation is 1. The summed E-state index contributed by atoms with van der Waals surface area (Å²) in [7, 11) is 0. The molecular weight excluding hydrogens is 350 g/mol. The Labute approximate surface area is 157 Å². The normalized spacial score (nSPS) is 20.5. The van der Waals surface area contributed by atoms with Gasteiger partial charge in [-0.05, 0) is 26.3 Å². The van der Waals surface area contributed by atoms with Crippen molar-refractivity contribution in [3.8, 4) is 0 Å². The Morgan fingerprint density at radius 3 is 2.73 bits per heavy atom. The molecule has 6 nitrogen and oxygen atoms in total. The van der Waals surface area contributed by atoms with Crippen molar-refractivity contribution in [3.05, 3.63) is 52.0 Å². The van der Waals surface area contributed by atoms with Crippen LogP contribution in [0.15, 0.2) is 35.7 Å². The number of carbonyl (C=O) groups is 2. The average molecular weight is 373 g/mol. The fourth-order valence-corrected chi connectivity index (χ4v) is 3.90. The second-order valence-corrected chi connectivity index (χ2v) is 7.52. The molecule has 1 N–H and O–H groups in total. The molecule has 2 atom stereocenters. The molecule has 0 saturated carbocycles. The third-order valence-corrected chi connectivity index (χ3v) is 5.26. The smallest absolute Gasteiger partial charge is 0.252 e. The van der Waals surface area contributed by atoms with Crippen LogP contribution in [0.25, 0.3) is 0 Å². The number of benzene rings is 1. The van der Waals surface area contributed by atoms with E-state index in [2.05, 4.69) is 10.3 Å². The van der Waals surface area contributed by atoms with Crippen LogP contribution in [0, 0.1) is 6.92 Å². The number of nitrogens with zero attached hydrogens (tertiary/aromatic N) is 2. The summed E-state index contributed by atoms with van der Waals surface area (Å²) < 4.78 is 5.67. The second kappa shape index (κ2) is 7.97. The van der Waals surface area contributed by atoms with Crippen molar-refractivity contribution >= 4 is 23.2 Å². The minimum Gasteiger partial charge on any atom is -0.356 e. The predicted molar refractivity (Wildman–Crippen MR) is 99.6 cm³/mol. The number of ether oxygens (including phenoxy) is 1. The van der Waals surface area contributed by atoms with Gasteiger partial charge >= 0.3 is 0 Å². The first-order chi connectivity index (χ1) is 12.5. The summed E-state index contributed by atoms with van der Waals surface area (Å²) >= 11 is 1.51. The van der Waals surface area contributed by atoms with E-state index in [1.165, 1.54) is 11.3 Å². The Balaban J connectivity index is 1.82. The zero-order chi connectivity index (χ0) is 18.7. The number of morpholine rings is 1. The third-order valence-electron chi connectivity index (χ3n) is 4.30. The molecule has 0 spiro atoms. The van der Waals surface area contributed by atoms with Crippen LogP contribution in [0.1, 0.15) is 36.2 Å². The number of nitrogens with one attached hydrogen (secondary N) is 1. The summed E-state index contributed by atoms with van der Waals surface area (Å²) in [6, 6.07) is 9.08. The summed E-state index contributed by atoms with van der Waals surface area (Å²) in [5.41, 5.74) is 1.83. The van der Waals surface area contributed by atoms with Gasteiger partial charge in [0, 0.05) is 17.1 Å². The van der Waals surface area contributed by atoms with Crippen molar-refractivity contribution in [1.29, 1.82) is 0 Å². The van der Waals surface area contributed by atoms with Gasteiger partial charge < -0.3 is 15.0 Å². The second-order valence-electron chi connectivity index (χ2n) is 6.58. The Morgan fingerprint density at radius 2 is 2.12 bits per heavy atom. The van der Waals surface area contributed by atoms with Crippen molar-refractivity contribution < 1.29 is 14.3 Å². The summed E-state index contributed by atoms with van der Waals surface area (Å²) in [6.07, 6.45) is -0.751. The Kier molecular flexibility index (Phi) is 5.68. The number of rotatable bonds is 5. The van der Waals surface area contributed by atoms with E-state index in [0.717, 1.165) is 16.3 Å². The zero-order valence-corrected chi connectivity index (χ0v) is 16.0. The topological polar surface area (TPSA) is 71.5 Å². The maximum absolute atomic E-state index is 12.8. The molecule has 2 heterocycles. The molecule has 1 aromatic carbocycles. The van der Waals surface area contributed by atoms with Crippen molar-refractivity contribution in [1.82, 2.24) is 15.2 Å². The Morgan fingerprint density at radius 1 is 1.38 bits per heavy atom. The molecule has 3 rings (SSSR count). The van der Waals surface area contributed by atoms with Crippen LogP contribution in [-0.2, 0) is 20.9 Å². The SMILES string of the molecule is Cc1csc(CNC(=O)[C@H]2OCC(=O)N(C(C)C)[C@@H]2c2ccccc2)n1. The first-order valence-corrected chi connectivity index (χ1v) is 9.51. The van der Waals surface area contributed by atoms with Gasteiger partial charge in [-0.1, -0.05) is 30.3 Å². The summed E-state index contributed by atoms with van der Waals surface area (Å²) in [4.78, 5) is 31.4. The number of hydrogen-bond acceptors (Lipinski definition) is 5. The van der Waals surface area contributed by atoms with Crippen LogP contribution < -0.4 is 5.32 Å². The quantitative estimate of drug-likeness (QED) is 0.874. The highest BCUT2D eigenvalue weighted by Crippen LogP contribution is 2.32. The van der Waals surface area contributed by atoms with Gasteiger partial charge in [0.15, 0.2) is 6.10 Å². The van der Waals surface area contributed by atoms with Gasteiger partial charge in [0.25, 0.3) is 5.91 Å². The molecule has 138 valence electrons. The minimum absolute atomic E-state index is 0.0338. The Hall–Kier alpha value is -2.25. The lowest BCUT2D eigenvalue weighted by molar-refractivity contribution is -0.167. The molecule has 0 aliphatic carbocycles. The fourth-order valence-electron chi connectivity index (χ4n) is 3.19. The van der Waals surface area contributed by atoms with E-state index < -0.39 is 12.1 Å². The van der Waals surface area contributed by atoms with Crippen LogP contribution in [0.5, 0.6) is 0 Å². The van der Waals surface area contributed by atoms with Gasteiger partial charge in [0.2, 0.25) is 5.91 Å². The lowest BCUT2D eigenvalue weighted by Crippen LogP contribution is -2.56. The third kappa shape index (κ3) is 3.94. The molecular formula is C19H23N3O3S. The number of carbonyl (C=O) groups excluding carboxylic acids is 2. The van der Waals surface area contributed by atoms with E-state index in [1.54, 1.807) is 4.90 Å². The molecule has 1 saturated heterocycles. The van der Waals surface area contributed by atoms with E-state index >= 15 is 0 Å². The first kappa shape index (κ1) is 18.5. The highest BCUT2D eigenvalue weighted by molar-refractivity contribution is 7.09. The van der Waals surface area contributed by atoms with Gasteiger partial charge in [-0.3, -0.25) is 9.59 Å². The first-order valence-electron chi connectivity index (χ1n) is 8.64. The molecule has 1 aliphatic rings. The highest BCUT2D eigenvalue weighted by atomic mass is 32.1. The molecule has 0 bridgehead atoms. The molecule has 7 heteroatoms. The van der Waals surface area contributed by atoms with Gasteiger partial charge in [-0.25, -0.2) is 4.98 Å². The molecule has 2 amide bonds.